The van der Waals surface area contributed by atoms with Crippen LogP contribution in [0.25, 0.3) is 0 Å². The van der Waals surface area contributed by atoms with Gasteiger partial charge in [-0.25, -0.2) is 4.79 Å². The highest BCUT2D eigenvalue weighted by molar-refractivity contribution is 5.65. The normalized spacial score (nSPS) is 24.1. The fourth-order valence-electron chi connectivity index (χ4n) is 3.06. The summed E-state index contributed by atoms with van der Waals surface area (Å²) >= 11 is 0. The first-order valence-corrected chi connectivity index (χ1v) is 6.80. The smallest absolute Gasteiger partial charge is 0.407 e. The van der Waals surface area contributed by atoms with Crippen LogP contribution in [0.15, 0.2) is 6.07 Å². The number of ether oxygens (including phenoxy) is 2. The highest BCUT2D eigenvalue weighted by Crippen LogP contribution is 2.33. The molecule has 114 valence electrons. The molecule has 0 radical (unpaired) electrons. The second-order valence-electron chi connectivity index (χ2n) is 5.37. The van der Waals surface area contributed by atoms with Crippen molar-refractivity contribution >= 4 is 12.0 Å². The Hall–Kier alpha value is -2.25. The molecule has 0 spiro atoms. The van der Waals surface area contributed by atoms with Gasteiger partial charge in [-0.05, 0) is 0 Å². The van der Waals surface area contributed by atoms with Crippen molar-refractivity contribution in [1.82, 2.24) is 14.9 Å². The summed E-state index contributed by atoms with van der Waals surface area (Å²) in [5.74, 6) is 2.16. The van der Waals surface area contributed by atoms with E-state index in [-0.39, 0.29) is 0 Å². The van der Waals surface area contributed by atoms with Gasteiger partial charge < -0.3 is 24.4 Å². The molecule has 21 heavy (non-hydrogen) atoms. The Morgan fingerprint density at radius 1 is 1.14 bits per heavy atom. The lowest BCUT2D eigenvalue weighted by Crippen LogP contribution is -2.32. The van der Waals surface area contributed by atoms with Crippen LogP contribution in [0.4, 0.5) is 10.7 Å². The largest absolute Gasteiger partial charge is 0.481 e. The summed E-state index contributed by atoms with van der Waals surface area (Å²) in [6, 6.07) is 1.63. The Morgan fingerprint density at radius 2 is 1.67 bits per heavy atom. The lowest BCUT2D eigenvalue weighted by molar-refractivity contribution is 0.153. The second-order valence-corrected chi connectivity index (χ2v) is 5.37. The molecule has 2 aliphatic rings. The van der Waals surface area contributed by atoms with Gasteiger partial charge in [0.25, 0.3) is 0 Å². The number of likely N-dealkylation sites (tertiary alicyclic amines) is 1. The number of anilines is 1. The molecule has 1 N–H and O–H groups in total. The Morgan fingerprint density at radius 3 is 2.10 bits per heavy atom. The van der Waals surface area contributed by atoms with Crippen molar-refractivity contribution in [3.63, 3.8) is 0 Å². The van der Waals surface area contributed by atoms with Gasteiger partial charge in [-0.3, -0.25) is 0 Å². The second kappa shape index (κ2) is 5.27. The van der Waals surface area contributed by atoms with Crippen LogP contribution in [-0.2, 0) is 0 Å². The molecule has 1 aromatic rings. The maximum atomic E-state index is 11.0. The van der Waals surface area contributed by atoms with Crippen molar-refractivity contribution in [2.75, 3.05) is 45.3 Å². The number of rotatable bonds is 3. The number of fused-ring (bicyclic) bond motifs is 1. The van der Waals surface area contributed by atoms with E-state index in [0.29, 0.717) is 42.6 Å². The van der Waals surface area contributed by atoms with Crippen LogP contribution in [0, 0.1) is 11.8 Å². The quantitative estimate of drug-likeness (QED) is 0.870. The van der Waals surface area contributed by atoms with E-state index in [1.807, 2.05) is 0 Å². The molecule has 8 heteroatoms. The van der Waals surface area contributed by atoms with E-state index in [9.17, 15) is 4.79 Å². The number of carboxylic acid groups (broad SMARTS) is 1. The van der Waals surface area contributed by atoms with Crippen LogP contribution in [0.1, 0.15) is 0 Å². The molecule has 8 nitrogen and oxygen atoms in total. The molecule has 2 aliphatic heterocycles. The van der Waals surface area contributed by atoms with Crippen molar-refractivity contribution in [2.45, 2.75) is 0 Å². The van der Waals surface area contributed by atoms with E-state index in [1.54, 1.807) is 20.3 Å². The lowest BCUT2D eigenvalue weighted by atomic mass is 10.0. The summed E-state index contributed by atoms with van der Waals surface area (Å²) in [5, 5.41) is 9.04. The third-order valence-corrected chi connectivity index (χ3v) is 4.13. The first-order valence-electron chi connectivity index (χ1n) is 6.80. The molecular weight excluding hydrogens is 276 g/mol. The molecule has 3 rings (SSSR count). The van der Waals surface area contributed by atoms with Gasteiger partial charge in [-0.15, -0.1) is 0 Å². The van der Waals surface area contributed by atoms with Crippen molar-refractivity contribution in [1.29, 1.82) is 0 Å². The van der Waals surface area contributed by atoms with Crippen molar-refractivity contribution < 1.29 is 19.4 Å². The van der Waals surface area contributed by atoms with Gasteiger partial charge in [0.1, 0.15) is 0 Å². The first kappa shape index (κ1) is 13.7. The van der Waals surface area contributed by atoms with E-state index in [1.165, 1.54) is 4.90 Å². The predicted octanol–water partition coefficient (Wildman–Crippen LogP) is 0.540. The summed E-state index contributed by atoms with van der Waals surface area (Å²) in [6.45, 7) is 2.67. The average Bonchev–Trinajstić information content (AvgIpc) is 3.05. The molecule has 2 atom stereocenters. The molecule has 0 aromatic carbocycles. The summed E-state index contributed by atoms with van der Waals surface area (Å²) in [5.41, 5.74) is 0. The topological polar surface area (TPSA) is 88.0 Å². The van der Waals surface area contributed by atoms with E-state index in [0.717, 1.165) is 13.1 Å². The fraction of sp³-hybridized carbons (Fsp3) is 0.615. The number of aromatic nitrogens is 2. The van der Waals surface area contributed by atoms with Crippen LogP contribution in [-0.4, -0.2) is 66.5 Å². The summed E-state index contributed by atoms with van der Waals surface area (Å²) in [4.78, 5) is 23.3. The fourth-order valence-corrected chi connectivity index (χ4v) is 3.06. The van der Waals surface area contributed by atoms with Crippen LogP contribution < -0.4 is 14.4 Å². The molecule has 3 heterocycles. The lowest BCUT2D eigenvalue weighted by Gasteiger charge is -2.20. The predicted molar refractivity (Wildman–Crippen MR) is 73.9 cm³/mol. The van der Waals surface area contributed by atoms with Gasteiger partial charge in [0.05, 0.1) is 20.3 Å². The van der Waals surface area contributed by atoms with Gasteiger partial charge >= 0.3 is 6.09 Å². The van der Waals surface area contributed by atoms with Crippen molar-refractivity contribution in [2.24, 2.45) is 11.8 Å². The zero-order valence-electron chi connectivity index (χ0n) is 12.0. The minimum absolute atomic E-state index is 0.335. The number of hydrogen-bond acceptors (Lipinski definition) is 6. The Balaban J connectivity index is 1.75. The molecule has 2 saturated heterocycles. The van der Waals surface area contributed by atoms with Crippen LogP contribution in [0.5, 0.6) is 11.8 Å². The third kappa shape index (κ3) is 2.53. The first-order chi connectivity index (χ1) is 10.1. The molecule has 0 bridgehead atoms. The monoisotopic (exact) mass is 294 g/mol. The van der Waals surface area contributed by atoms with Crippen LogP contribution in [0.2, 0.25) is 0 Å². The zero-order chi connectivity index (χ0) is 15.0. The Labute approximate surface area is 122 Å². The number of nitrogens with zero attached hydrogens (tertiary/aromatic N) is 4. The highest BCUT2D eigenvalue weighted by atomic mass is 16.5. The third-order valence-electron chi connectivity index (χ3n) is 4.13. The maximum absolute atomic E-state index is 11.0. The number of carbonyl (C=O) groups is 1. The van der Waals surface area contributed by atoms with Crippen molar-refractivity contribution in [3.8, 4) is 11.8 Å². The van der Waals surface area contributed by atoms with Gasteiger partial charge in [0.15, 0.2) is 0 Å². The average molecular weight is 294 g/mol. The Bertz CT molecular complexity index is 517. The van der Waals surface area contributed by atoms with Gasteiger partial charge in [0, 0.05) is 38.0 Å². The molecule has 2 unspecified atom stereocenters. The van der Waals surface area contributed by atoms with E-state index < -0.39 is 6.09 Å². The molecule has 1 amide bonds. The highest BCUT2D eigenvalue weighted by Gasteiger charge is 2.42. The van der Waals surface area contributed by atoms with Crippen LogP contribution >= 0.6 is 0 Å². The van der Waals surface area contributed by atoms with Crippen molar-refractivity contribution in [3.05, 3.63) is 6.07 Å². The van der Waals surface area contributed by atoms with Gasteiger partial charge in [0.2, 0.25) is 17.7 Å². The maximum Gasteiger partial charge on any atom is 0.407 e. The molecular formula is C13H18N4O4. The summed E-state index contributed by atoms with van der Waals surface area (Å²) < 4.78 is 10.3. The number of hydrogen-bond donors (Lipinski definition) is 1. The zero-order valence-corrected chi connectivity index (χ0v) is 12.0. The summed E-state index contributed by atoms with van der Waals surface area (Å²) in [6.07, 6.45) is -0.838. The van der Waals surface area contributed by atoms with Crippen LogP contribution in [0.3, 0.4) is 0 Å². The number of amides is 1. The standard InChI is InChI=1S/C13H18N4O4/c1-20-10-3-11(21-2)15-12(14-10)16-4-8-6-17(13(18)19)7-9(8)5-16/h3,8-9H,4-7H2,1-2H3,(H,18,19). The minimum atomic E-state index is -0.838. The molecule has 1 aromatic heterocycles. The summed E-state index contributed by atoms with van der Waals surface area (Å²) in [7, 11) is 3.10. The van der Waals surface area contributed by atoms with Gasteiger partial charge in [-0.2, -0.15) is 9.97 Å². The molecule has 0 aliphatic carbocycles. The van der Waals surface area contributed by atoms with E-state index in [4.69, 9.17) is 14.6 Å². The number of methoxy groups -OCH3 is 2. The molecule has 2 fully saturated rings. The molecule has 0 saturated carbocycles. The van der Waals surface area contributed by atoms with Gasteiger partial charge in [-0.1, -0.05) is 0 Å². The van der Waals surface area contributed by atoms with E-state index in [2.05, 4.69) is 14.9 Å². The SMILES string of the molecule is COc1cc(OC)nc(N2CC3CN(C(=O)O)CC3C2)n1. The Kier molecular flexibility index (Phi) is 3.44. The van der Waals surface area contributed by atoms with E-state index >= 15 is 0 Å². The minimum Gasteiger partial charge on any atom is -0.481 e.